The van der Waals surface area contributed by atoms with E-state index < -0.39 is 7.82 Å². The van der Waals surface area contributed by atoms with Crippen LogP contribution in [0.5, 0.6) is 0 Å². The quantitative estimate of drug-likeness (QED) is 0.0565. The number of hydrogen-bond donors (Lipinski definition) is 0. The van der Waals surface area contributed by atoms with Gasteiger partial charge < -0.3 is 23.2 Å². The first-order chi connectivity index (χ1) is 17.2. The molecule has 218 valence electrons. The van der Waals surface area contributed by atoms with Gasteiger partial charge in [-0.15, -0.1) is 0 Å². The molecule has 0 N–H and O–H groups in total. The minimum atomic E-state index is -4.31. The summed E-state index contributed by atoms with van der Waals surface area (Å²) < 4.78 is 29.2. The van der Waals surface area contributed by atoms with Gasteiger partial charge in [-0.25, -0.2) is 0 Å². The Labute approximate surface area is 228 Å². The third-order valence-electron chi connectivity index (χ3n) is 6.23. The van der Waals surface area contributed by atoms with Crippen molar-refractivity contribution in [3.05, 3.63) is 0 Å². The zero-order chi connectivity index (χ0) is 27.0. The van der Waals surface area contributed by atoms with Crippen LogP contribution in [0.1, 0.15) is 117 Å². The Morgan fingerprint density at radius 2 is 1.22 bits per heavy atom. The predicted octanol–water partition coefficient (Wildman–Crippen LogP) is 7.59. The summed E-state index contributed by atoms with van der Waals surface area (Å²) in [5.74, 6) is 1.84. The summed E-state index contributed by atoms with van der Waals surface area (Å²) in [7, 11) is 1.69. The van der Waals surface area contributed by atoms with Crippen molar-refractivity contribution in [2.45, 2.75) is 123 Å². The van der Waals surface area contributed by atoms with E-state index in [9.17, 15) is 9.46 Å². The number of rotatable bonds is 28. The third-order valence-corrected chi connectivity index (χ3v) is 8.38. The lowest BCUT2D eigenvalue weighted by Gasteiger charge is -2.28. The first-order valence-corrected chi connectivity index (χ1v) is 17.4. The molecule has 36 heavy (non-hydrogen) atoms. The standard InChI is InChI=1S/C28H60NO5PS/c1-6-8-10-12-14-15-16-17-18-20-23-32-28(27-36-25-21-19-13-11-9-7-2)26-34-35(30,31)33-24-22-29(3,4)5/h28H,6-27H2,1-5H3/t28-/m1/s1. The van der Waals surface area contributed by atoms with Gasteiger partial charge in [-0.2, -0.15) is 11.8 Å². The summed E-state index contributed by atoms with van der Waals surface area (Å²) in [5.41, 5.74) is 0. The molecule has 8 heteroatoms. The molecule has 2 atom stereocenters. The van der Waals surface area contributed by atoms with E-state index in [1.807, 2.05) is 32.9 Å². The van der Waals surface area contributed by atoms with Gasteiger partial charge in [-0.05, 0) is 18.6 Å². The second kappa shape index (κ2) is 24.4. The first-order valence-electron chi connectivity index (χ1n) is 14.8. The second-order valence-electron chi connectivity index (χ2n) is 11.1. The van der Waals surface area contributed by atoms with Crippen molar-refractivity contribution in [3.63, 3.8) is 0 Å². The van der Waals surface area contributed by atoms with Crippen molar-refractivity contribution >= 4 is 19.6 Å². The van der Waals surface area contributed by atoms with Gasteiger partial charge >= 0.3 is 0 Å². The average Bonchev–Trinajstić information content (AvgIpc) is 2.81. The lowest BCUT2D eigenvalue weighted by molar-refractivity contribution is -0.870. The van der Waals surface area contributed by atoms with Crippen LogP contribution in [0.4, 0.5) is 0 Å². The molecule has 0 saturated carbocycles. The predicted molar refractivity (Wildman–Crippen MR) is 155 cm³/mol. The maximum absolute atomic E-state index is 12.2. The van der Waals surface area contributed by atoms with Crippen LogP contribution in [0.2, 0.25) is 0 Å². The summed E-state index contributed by atoms with van der Waals surface area (Å²) in [4.78, 5) is 12.2. The number of phosphoric ester groups is 1. The molecule has 0 aliphatic heterocycles. The summed E-state index contributed by atoms with van der Waals surface area (Å²) in [6, 6.07) is 0. The van der Waals surface area contributed by atoms with E-state index in [1.165, 1.54) is 96.3 Å². The zero-order valence-electron chi connectivity index (χ0n) is 24.5. The molecule has 0 heterocycles. The van der Waals surface area contributed by atoms with E-state index in [-0.39, 0.29) is 19.3 Å². The lowest BCUT2D eigenvalue weighted by atomic mass is 10.1. The molecule has 0 aromatic rings. The molecule has 0 radical (unpaired) electrons. The van der Waals surface area contributed by atoms with Crippen LogP contribution in [0.3, 0.4) is 0 Å². The molecule has 6 nitrogen and oxygen atoms in total. The Morgan fingerprint density at radius 3 is 1.75 bits per heavy atom. The molecule has 1 unspecified atom stereocenters. The monoisotopic (exact) mass is 553 g/mol. The maximum atomic E-state index is 12.2. The van der Waals surface area contributed by atoms with Crippen LogP contribution in [-0.2, 0) is 18.3 Å². The number of thioether (sulfide) groups is 1. The van der Waals surface area contributed by atoms with Crippen LogP contribution in [0.25, 0.3) is 0 Å². The molecular weight excluding hydrogens is 493 g/mol. The Bertz CT molecular complexity index is 519. The van der Waals surface area contributed by atoms with E-state index in [0.717, 1.165) is 17.9 Å². The highest BCUT2D eigenvalue weighted by atomic mass is 32.2. The molecule has 0 aliphatic rings. The van der Waals surface area contributed by atoms with Gasteiger partial charge in [0.05, 0.1) is 33.9 Å². The average molecular weight is 554 g/mol. The Balaban J connectivity index is 4.20. The highest BCUT2D eigenvalue weighted by Crippen LogP contribution is 2.38. The fourth-order valence-corrected chi connectivity index (χ4v) is 5.58. The summed E-state index contributed by atoms with van der Waals surface area (Å²) in [6.07, 6.45) is 20.3. The van der Waals surface area contributed by atoms with Crippen molar-refractivity contribution in [2.75, 3.05) is 59.0 Å². The van der Waals surface area contributed by atoms with Gasteiger partial charge in [0.1, 0.15) is 13.2 Å². The topological polar surface area (TPSA) is 67.8 Å². The van der Waals surface area contributed by atoms with Crippen LogP contribution in [0, 0.1) is 0 Å². The maximum Gasteiger partial charge on any atom is 0.268 e. The molecule has 0 saturated heterocycles. The molecule has 0 rings (SSSR count). The van der Waals surface area contributed by atoms with E-state index >= 15 is 0 Å². The third kappa shape index (κ3) is 27.4. The van der Waals surface area contributed by atoms with Crippen molar-refractivity contribution in [3.8, 4) is 0 Å². The van der Waals surface area contributed by atoms with Crippen molar-refractivity contribution in [1.82, 2.24) is 0 Å². The molecule has 0 amide bonds. The van der Waals surface area contributed by atoms with Crippen molar-refractivity contribution < 1.29 is 27.7 Å². The fourth-order valence-electron chi connectivity index (χ4n) is 3.82. The number of quaternary nitrogens is 1. The number of hydrogen-bond acceptors (Lipinski definition) is 6. The minimum Gasteiger partial charge on any atom is -0.756 e. The largest absolute Gasteiger partial charge is 0.756 e. The number of ether oxygens (including phenoxy) is 1. The highest BCUT2D eigenvalue weighted by Gasteiger charge is 2.17. The Morgan fingerprint density at radius 1 is 0.722 bits per heavy atom. The van der Waals surface area contributed by atoms with Crippen LogP contribution >= 0.6 is 19.6 Å². The highest BCUT2D eigenvalue weighted by molar-refractivity contribution is 7.99. The number of phosphoric acid groups is 1. The lowest BCUT2D eigenvalue weighted by Crippen LogP contribution is -2.37. The normalized spacial score (nSPS) is 14.7. The number of likely N-dealkylation sites (N-methyl/N-ethyl adjacent to an activating group) is 1. The van der Waals surface area contributed by atoms with E-state index in [1.54, 1.807) is 0 Å². The van der Waals surface area contributed by atoms with E-state index in [0.29, 0.717) is 17.6 Å². The summed E-state index contributed by atoms with van der Waals surface area (Å²) >= 11 is 1.84. The van der Waals surface area contributed by atoms with Crippen LogP contribution < -0.4 is 4.89 Å². The van der Waals surface area contributed by atoms with Gasteiger partial charge in [0.25, 0.3) is 7.82 Å². The van der Waals surface area contributed by atoms with Crippen LogP contribution in [-0.4, -0.2) is 69.6 Å². The van der Waals surface area contributed by atoms with Crippen molar-refractivity contribution in [2.24, 2.45) is 0 Å². The van der Waals surface area contributed by atoms with E-state index in [4.69, 9.17) is 13.8 Å². The molecule has 0 spiro atoms. The van der Waals surface area contributed by atoms with Gasteiger partial charge in [0, 0.05) is 12.4 Å². The van der Waals surface area contributed by atoms with Gasteiger partial charge in [0.15, 0.2) is 0 Å². The van der Waals surface area contributed by atoms with E-state index in [2.05, 4.69) is 13.8 Å². The second-order valence-corrected chi connectivity index (χ2v) is 13.7. The summed E-state index contributed by atoms with van der Waals surface area (Å²) in [6.45, 7) is 5.92. The summed E-state index contributed by atoms with van der Waals surface area (Å²) in [5, 5.41) is 0. The molecule has 0 aliphatic carbocycles. The molecule has 0 aromatic heterocycles. The molecule has 0 bridgehead atoms. The van der Waals surface area contributed by atoms with Gasteiger partial charge in [-0.1, -0.05) is 104 Å². The number of unbranched alkanes of at least 4 members (excludes halogenated alkanes) is 14. The SMILES string of the molecule is CCCCCCCCCCCCO[C@H](COP(=O)([O-])OCC[N+](C)(C)C)CSCCCCCCCC. The van der Waals surface area contributed by atoms with Gasteiger partial charge in [-0.3, -0.25) is 4.57 Å². The van der Waals surface area contributed by atoms with Crippen molar-refractivity contribution in [1.29, 1.82) is 0 Å². The molecule has 0 fully saturated rings. The zero-order valence-corrected chi connectivity index (χ0v) is 26.2. The Kier molecular flexibility index (Phi) is 24.7. The molecular formula is C28H60NO5PS. The van der Waals surface area contributed by atoms with Gasteiger partial charge in [0.2, 0.25) is 0 Å². The minimum absolute atomic E-state index is 0.0341. The molecule has 0 aromatic carbocycles. The fraction of sp³-hybridized carbons (Fsp3) is 1.00. The smallest absolute Gasteiger partial charge is 0.268 e. The Hall–Kier alpha value is 0.380. The number of nitrogens with zero attached hydrogens (tertiary/aromatic N) is 1. The first kappa shape index (κ1) is 36.4. The van der Waals surface area contributed by atoms with Crippen LogP contribution in [0.15, 0.2) is 0 Å².